The highest BCUT2D eigenvalue weighted by molar-refractivity contribution is 7.08. The summed E-state index contributed by atoms with van der Waals surface area (Å²) in [5.41, 5.74) is -0.0985. The summed E-state index contributed by atoms with van der Waals surface area (Å²) in [4.78, 5) is 27.2. The molecule has 0 unspecified atom stereocenters. The van der Waals surface area contributed by atoms with Gasteiger partial charge in [0.15, 0.2) is 6.54 Å². The van der Waals surface area contributed by atoms with Crippen molar-refractivity contribution in [2.24, 2.45) is 0 Å². The largest absolute Gasteiger partial charge is 0.418 e. The van der Waals surface area contributed by atoms with Crippen molar-refractivity contribution in [3.63, 3.8) is 0 Å². The third-order valence-corrected chi connectivity index (χ3v) is 5.41. The minimum atomic E-state index is -4.52. The van der Waals surface area contributed by atoms with Crippen molar-refractivity contribution in [2.45, 2.75) is 12.6 Å². The van der Waals surface area contributed by atoms with E-state index in [4.69, 9.17) is 0 Å². The zero-order valence-corrected chi connectivity index (χ0v) is 15.9. The van der Waals surface area contributed by atoms with Crippen LogP contribution in [0.4, 0.5) is 18.9 Å². The number of piperazine rings is 1. The van der Waals surface area contributed by atoms with Crippen LogP contribution in [0.2, 0.25) is 0 Å². The first-order chi connectivity index (χ1) is 13.3. The maximum Gasteiger partial charge on any atom is 0.418 e. The number of para-hydroxylation sites is 1. The predicted molar refractivity (Wildman–Crippen MR) is 100 cm³/mol. The average molecular weight is 412 g/mol. The first-order valence-electron chi connectivity index (χ1n) is 8.91. The maximum atomic E-state index is 13.0. The summed E-state index contributed by atoms with van der Waals surface area (Å²) < 4.78 is 39.1. The molecule has 0 radical (unpaired) electrons. The van der Waals surface area contributed by atoms with Crippen LogP contribution in [0.5, 0.6) is 0 Å². The molecule has 0 saturated carbocycles. The number of carbonyl (C=O) groups is 2. The van der Waals surface area contributed by atoms with E-state index in [1.54, 1.807) is 16.2 Å². The lowest BCUT2D eigenvalue weighted by Gasteiger charge is -2.32. The Morgan fingerprint density at radius 3 is 2.50 bits per heavy atom. The van der Waals surface area contributed by atoms with Crippen molar-refractivity contribution in [3.05, 3.63) is 52.2 Å². The van der Waals surface area contributed by atoms with Gasteiger partial charge in [0.2, 0.25) is 5.91 Å². The van der Waals surface area contributed by atoms with E-state index in [0.717, 1.165) is 16.5 Å². The molecule has 3 rings (SSSR count). The molecule has 2 heterocycles. The number of benzene rings is 1. The number of quaternary nitrogens is 1. The quantitative estimate of drug-likeness (QED) is 0.785. The second-order valence-corrected chi connectivity index (χ2v) is 7.49. The Labute approximate surface area is 164 Å². The van der Waals surface area contributed by atoms with Crippen molar-refractivity contribution in [3.8, 4) is 0 Å². The van der Waals surface area contributed by atoms with Gasteiger partial charge in [0, 0.05) is 0 Å². The van der Waals surface area contributed by atoms with Gasteiger partial charge in [0.25, 0.3) is 5.91 Å². The second kappa shape index (κ2) is 8.74. The molecule has 0 bridgehead atoms. The third-order valence-electron chi connectivity index (χ3n) is 4.68. The number of nitrogens with zero attached hydrogens (tertiary/aromatic N) is 1. The SMILES string of the molecule is O=C(C[NH+]1CCN(C(=O)Cc2ccsc2)CC1)Nc1ccccc1C(F)(F)F. The van der Waals surface area contributed by atoms with Gasteiger partial charge in [0.1, 0.15) is 0 Å². The summed E-state index contributed by atoms with van der Waals surface area (Å²) in [5.74, 6) is -0.411. The lowest BCUT2D eigenvalue weighted by molar-refractivity contribution is -0.895. The fourth-order valence-electron chi connectivity index (χ4n) is 3.19. The number of rotatable bonds is 5. The number of carbonyl (C=O) groups excluding carboxylic acids is 2. The molecule has 1 fully saturated rings. The summed E-state index contributed by atoms with van der Waals surface area (Å²) in [6.45, 7) is 2.31. The van der Waals surface area contributed by atoms with Gasteiger partial charge in [-0.05, 0) is 34.5 Å². The van der Waals surface area contributed by atoms with Crippen molar-refractivity contribution in [1.82, 2.24) is 4.90 Å². The molecule has 150 valence electrons. The molecule has 0 aliphatic carbocycles. The predicted octanol–water partition coefficient (Wildman–Crippen LogP) is 1.68. The topological polar surface area (TPSA) is 53.9 Å². The number of thiophene rings is 1. The maximum absolute atomic E-state index is 13.0. The number of nitrogens with one attached hydrogen (secondary N) is 2. The van der Waals surface area contributed by atoms with Crippen LogP contribution in [-0.4, -0.2) is 49.4 Å². The number of amides is 2. The minimum Gasteiger partial charge on any atom is -0.331 e. The van der Waals surface area contributed by atoms with Gasteiger partial charge in [-0.3, -0.25) is 9.59 Å². The third kappa shape index (κ3) is 5.32. The monoisotopic (exact) mass is 412 g/mol. The summed E-state index contributed by atoms with van der Waals surface area (Å²) in [7, 11) is 0. The van der Waals surface area contributed by atoms with Crippen LogP contribution < -0.4 is 10.2 Å². The standard InChI is InChI=1S/C19H20F3N3O2S/c20-19(21,22)15-3-1-2-4-16(15)23-17(26)12-24-6-8-25(9-7-24)18(27)11-14-5-10-28-13-14/h1-5,10,13H,6-9,11-12H2,(H,23,26)/p+1. The molecule has 9 heteroatoms. The zero-order chi connectivity index (χ0) is 20.1. The van der Waals surface area contributed by atoms with Crippen LogP contribution in [0.15, 0.2) is 41.1 Å². The minimum absolute atomic E-state index is 0.0565. The zero-order valence-electron chi connectivity index (χ0n) is 15.1. The molecule has 0 atom stereocenters. The van der Waals surface area contributed by atoms with Gasteiger partial charge in [-0.15, -0.1) is 0 Å². The molecule has 1 aliphatic heterocycles. The Kier molecular flexibility index (Phi) is 6.35. The van der Waals surface area contributed by atoms with Gasteiger partial charge in [0.05, 0.1) is 43.9 Å². The molecule has 0 spiro atoms. The lowest BCUT2D eigenvalue weighted by atomic mass is 10.1. The van der Waals surface area contributed by atoms with E-state index in [0.29, 0.717) is 32.6 Å². The Bertz CT molecular complexity index is 816. The van der Waals surface area contributed by atoms with Crippen LogP contribution in [0.25, 0.3) is 0 Å². The number of anilines is 1. The summed E-state index contributed by atoms with van der Waals surface area (Å²) >= 11 is 1.55. The van der Waals surface area contributed by atoms with E-state index < -0.39 is 17.6 Å². The molecule has 2 amide bonds. The molecule has 2 N–H and O–H groups in total. The molecule has 1 saturated heterocycles. The highest BCUT2D eigenvalue weighted by Gasteiger charge is 2.34. The van der Waals surface area contributed by atoms with Crippen LogP contribution >= 0.6 is 11.3 Å². The van der Waals surface area contributed by atoms with E-state index in [-0.39, 0.29) is 18.1 Å². The van der Waals surface area contributed by atoms with E-state index in [1.807, 2.05) is 16.8 Å². The highest BCUT2D eigenvalue weighted by atomic mass is 32.1. The second-order valence-electron chi connectivity index (χ2n) is 6.71. The molecular formula is C19H21F3N3O2S+. The van der Waals surface area contributed by atoms with Crippen molar-refractivity contribution >= 4 is 28.8 Å². The Morgan fingerprint density at radius 2 is 1.86 bits per heavy atom. The molecule has 5 nitrogen and oxygen atoms in total. The van der Waals surface area contributed by atoms with E-state index >= 15 is 0 Å². The van der Waals surface area contributed by atoms with Crippen LogP contribution in [0.3, 0.4) is 0 Å². The average Bonchev–Trinajstić information content (AvgIpc) is 3.14. The van der Waals surface area contributed by atoms with Crippen molar-refractivity contribution in [1.29, 1.82) is 0 Å². The smallest absolute Gasteiger partial charge is 0.331 e. The summed E-state index contributed by atoms with van der Waals surface area (Å²) in [6.07, 6.45) is -4.15. The van der Waals surface area contributed by atoms with Crippen molar-refractivity contribution < 1.29 is 27.7 Å². The van der Waals surface area contributed by atoms with E-state index in [9.17, 15) is 22.8 Å². The van der Waals surface area contributed by atoms with Gasteiger partial charge in [-0.25, -0.2) is 0 Å². The van der Waals surface area contributed by atoms with Gasteiger partial charge in [-0.1, -0.05) is 12.1 Å². The molecule has 1 aliphatic rings. The normalized spacial score (nSPS) is 15.5. The molecule has 28 heavy (non-hydrogen) atoms. The summed E-state index contributed by atoms with van der Waals surface area (Å²) in [6, 6.07) is 6.86. The molecule has 1 aromatic carbocycles. The summed E-state index contributed by atoms with van der Waals surface area (Å²) in [5, 5.41) is 6.25. The van der Waals surface area contributed by atoms with Gasteiger partial charge < -0.3 is 15.1 Å². The van der Waals surface area contributed by atoms with Crippen LogP contribution in [-0.2, 0) is 22.2 Å². The van der Waals surface area contributed by atoms with Gasteiger partial charge >= 0.3 is 6.18 Å². The van der Waals surface area contributed by atoms with E-state index in [2.05, 4.69) is 5.32 Å². The number of halogens is 3. The Morgan fingerprint density at radius 1 is 1.14 bits per heavy atom. The van der Waals surface area contributed by atoms with E-state index in [1.165, 1.54) is 18.2 Å². The molecular weight excluding hydrogens is 391 g/mol. The number of hydrogen-bond donors (Lipinski definition) is 2. The molecule has 2 aromatic rings. The molecule has 1 aromatic heterocycles. The fraction of sp³-hybridized carbons (Fsp3) is 0.368. The fourth-order valence-corrected chi connectivity index (χ4v) is 3.86. The van der Waals surface area contributed by atoms with Crippen molar-refractivity contribution in [2.75, 3.05) is 38.0 Å². The number of hydrogen-bond acceptors (Lipinski definition) is 3. The first kappa shape index (κ1) is 20.3. The first-order valence-corrected chi connectivity index (χ1v) is 9.85. The van der Waals surface area contributed by atoms with Gasteiger partial charge in [-0.2, -0.15) is 24.5 Å². The Balaban J connectivity index is 1.49. The number of alkyl halides is 3. The Hall–Kier alpha value is -2.39. The van der Waals surface area contributed by atoms with Crippen LogP contribution in [0, 0.1) is 0 Å². The highest BCUT2D eigenvalue weighted by Crippen LogP contribution is 2.34. The van der Waals surface area contributed by atoms with Crippen LogP contribution in [0.1, 0.15) is 11.1 Å². The lowest BCUT2D eigenvalue weighted by Crippen LogP contribution is -3.15.